The Labute approximate surface area is 96.1 Å². The Morgan fingerprint density at radius 1 is 1.44 bits per heavy atom. The van der Waals surface area contributed by atoms with Gasteiger partial charge in [-0.05, 0) is 19.8 Å². The fourth-order valence-corrected chi connectivity index (χ4v) is 3.78. The second-order valence-electron chi connectivity index (χ2n) is 4.31. The highest BCUT2D eigenvalue weighted by atomic mass is 32.2. The molecule has 1 aliphatic heterocycles. The van der Waals surface area contributed by atoms with Crippen molar-refractivity contribution in [2.75, 3.05) is 6.54 Å². The van der Waals surface area contributed by atoms with Gasteiger partial charge in [-0.1, -0.05) is 6.42 Å². The van der Waals surface area contributed by atoms with Gasteiger partial charge in [-0.25, -0.2) is 8.42 Å². The van der Waals surface area contributed by atoms with E-state index in [2.05, 4.69) is 5.10 Å². The molecule has 5 nitrogen and oxygen atoms in total. The van der Waals surface area contributed by atoms with Gasteiger partial charge in [0, 0.05) is 25.8 Å². The van der Waals surface area contributed by atoms with Crippen molar-refractivity contribution in [3.8, 4) is 0 Å². The smallest absolute Gasteiger partial charge is 0.246 e. The highest BCUT2D eigenvalue weighted by Gasteiger charge is 2.31. The summed E-state index contributed by atoms with van der Waals surface area (Å²) in [5.41, 5.74) is 0. The zero-order chi connectivity index (χ0) is 11.8. The summed E-state index contributed by atoms with van der Waals surface area (Å²) in [6.45, 7) is 2.59. The molecule has 0 saturated carbocycles. The molecular formula is C10H17N3O2S. The van der Waals surface area contributed by atoms with Crippen LogP contribution in [-0.4, -0.2) is 35.1 Å². The molecule has 0 spiro atoms. The van der Waals surface area contributed by atoms with Crippen LogP contribution >= 0.6 is 0 Å². The van der Waals surface area contributed by atoms with Crippen LogP contribution in [0.15, 0.2) is 17.3 Å². The molecule has 0 aromatic carbocycles. The third-order valence-electron chi connectivity index (χ3n) is 3.03. The van der Waals surface area contributed by atoms with E-state index in [-0.39, 0.29) is 6.04 Å². The number of aromatic nitrogens is 2. The average molecular weight is 243 g/mol. The number of aryl methyl sites for hydroxylation is 1. The Bertz CT molecular complexity index is 466. The van der Waals surface area contributed by atoms with Crippen LogP contribution in [0.5, 0.6) is 0 Å². The lowest BCUT2D eigenvalue weighted by atomic mass is 10.1. The van der Waals surface area contributed by atoms with Gasteiger partial charge in [0.2, 0.25) is 10.0 Å². The second kappa shape index (κ2) is 4.18. The predicted molar refractivity (Wildman–Crippen MR) is 60.4 cm³/mol. The minimum absolute atomic E-state index is 0.0963. The number of nitrogens with zero attached hydrogens (tertiary/aromatic N) is 3. The van der Waals surface area contributed by atoms with Gasteiger partial charge < -0.3 is 0 Å². The number of sulfonamides is 1. The van der Waals surface area contributed by atoms with E-state index in [1.165, 1.54) is 10.9 Å². The van der Waals surface area contributed by atoms with Gasteiger partial charge in [0.05, 0.1) is 6.20 Å². The van der Waals surface area contributed by atoms with Crippen LogP contribution in [0.3, 0.4) is 0 Å². The average Bonchev–Trinajstić information content (AvgIpc) is 2.66. The molecule has 0 amide bonds. The van der Waals surface area contributed by atoms with E-state index in [0.717, 1.165) is 19.3 Å². The third-order valence-corrected chi connectivity index (χ3v) is 5.00. The molecule has 1 atom stereocenters. The lowest BCUT2D eigenvalue weighted by molar-refractivity contribution is 0.268. The molecule has 0 aliphatic carbocycles. The van der Waals surface area contributed by atoms with Crippen LogP contribution in [0.1, 0.15) is 26.2 Å². The van der Waals surface area contributed by atoms with E-state index < -0.39 is 10.0 Å². The molecule has 0 bridgehead atoms. The summed E-state index contributed by atoms with van der Waals surface area (Å²) in [5, 5.41) is 3.91. The zero-order valence-corrected chi connectivity index (χ0v) is 10.4. The summed E-state index contributed by atoms with van der Waals surface area (Å²) in [6.07, 6.45) is 5.97. The maximum Gasteiger partial charge on any atom is 0.246 e. The SMILES string of the molecule is C[C@@H]1CCCCN1S(=O)(=O)c1cnn(C)c1. The largest absolute Gasteiger partial charge is 0.274 e. The first kappa shape index (κ1) is 11.6. The first-order chi connectivity index (χ1) is 7.51. The summed E-state index contributed by atoms with van der Waals surface area (Å²) < 4.78 is 27.7. The molecule has 0 unspecified atom stereocenters. The minimum Gasteiger partial charge on any atom is -0.274 e. The van der Waals surface area contributed by atoms with Crippen molar-refractivity contribution >= 4 is 10.0 Å². The molecule has 90 valence electrons. The summed E-state index contributed by atoms with van der Waals surface area (Å²) in [7, 11) is -1.62. The number of hydrogen-bond donors (Lipinski definition) is 0. The molecule has 1 saturated heterocycles. The fourth-order valence-electron chi connectivity index (χ4n) is 2.10. The number of piperidine rings is 1. The predicted octanol–water partition coefficient (Wildman–Crippen LogP) is 0.983. The molecule has 1 fully saturated rings. The molecule has 1 aliphatic rings. The number of hydrogen-bond acceptors (Lipinski definition) is 3. The van der Waals surface area contributed by atoms with E-state index in [1.54, 1.807) is 17.5 Å². The molecule has 2 rings (SSSR count). The van der Waals surface area contributed by atoms with Gasteiger partial charge in [0.15, 0.2) is 0 Å². The summed E-state index contributed by atoms with van der Waals surface area (Å²) in [4.78, 5) is 0.295. The third kappa shape index (κ3) is 1.99. The summed E-state index contributed by atoms with van der Waals surface area (Å²) >= 11 is 0. The molecular weight excluding hydrogens is 226 g/mol. The molecule has 6 heteroatoms. The molecule has 1 aromatic heterocycles. The van der Waals surface area contributed by atoms with Gasteiger partial charge in [0.25, 0.3) is 0 Å². The van der Waals surface area contributed by atoms with Gasteiger partial charge in [-0.2, -0.15) is 9.40 Å². The maximum absolute atomic E-state index is 12.3. The normalized spacial score (nSPS) is 23.5. The first-order valence-electron chi connectivity index (χ1n) is 5.52. The Kier molecular flexibility index (Phi) is 3.03. The van der Waals surface area contributed by atoms with Crippen LogP contribution in [0.2, 0.25) is 0 Å². The minimum atomic E-state index is -3.34. The lowest BCUT2D eigenvalue weighted by Gasteiger charge is -2.31. The van der Waals surface area contributed by atoms with Crippen LogP contribution in [0, 0.1) is 0 Å². The van der Waals surface area contributed by atoms with Gasteiger partial charge in [-0.3, -0.25) is 4.68 Å². The van der Waals surface area contributed by atoms with Crippen molar-refractivity contribution < 1.29 is 8.42 Å². The van der Waals surface area contributed by atoms with Crippen LogP contribution in [-0.2, 0) is 17.1 Å². The highest BCUT2D eigenvalue weighted by molar-refractivity contribution is 7.89. The molecule has 1 aromatic rings. The van der Waals surface area contributed by atoms with E-state index in [4.69, 9.17) is 0 Å². The maximum atomic E-state index is 12.3. The van der Waals surface area contributed by atoms with Gasteiger partial charge in [-0.15, -0.1) is 0 Å². The standard InChI is InChI=1S/C10H17N3O2S/c1-9-5-3-4-6-13(9)16(14,15)10-7-11-12(2)8-10/h7-9H,3-6H2,1-2H3/t9-/m1/s1. The van der Waals surface area contributed by atoms with Crippen LogP contribution < -0.4 is 0 Å². The van der Waals surface area contributed by atoms with E-state index >= 15 is 0 Å². The number of rotatable bonds is 2. The van der Waals surface area contributed by atoms with Crippen molar-refractivity contribution in [3.05, 3.63) is 12.4 Å². The van der Waals surface area contributed by atoms with Gasteiger partial charge in [0.1, 0.15) is 4.90 Å². The van der Waals surface area contributed by atoms with Crippen molar-refractivity contribution in [1.82, 2.24) is 14.1 Å². The summed E-state index contributed by atoms with van der Waals surface area (Å²) in [5.74, 6) is 0. The monoisotopic (exact) mass is 243 g/mol. The van der Waals surface area contributed by atoms with Crippen molar-refractivity contribution in [2.45, 2.75) is 37.1 Å². The summed E-state index contributed by atoms with van der Waals surface area (Å²) in [6, 6.07) is 0.0963. The Morgan fingerprint density at radius 3 is 2.75 bits per heavy atom. The van der Waals surface area contributed by atoms with Crippen molar-refractivity contribution in [1.29, 1.82) is 0 Å². The molecule has 16 heavy (non-hydrogen) atoms. The van der Waals surface area contributed by atoms with E-state index in [9.17, 15) is 8.42 Å². The van der Waals surface area contributed by atoms with Crippen LogP contribution in [0.25, 0.3) is 0 Å². The van der Waals surface area contributed by atoms with Crippen molar-refractivity contribution in [2.24, 2.45) is 7.05 Å². The van der Waals surface area contributed by atoms with Crippen molar-refractivity contribution in [3.63, 3.8) is 0 Å². The fraction of sp³-hybridized carbons (Fsp3) is 0.700. The quantitative estimate of drug-likeness (QED) is 0.778. The second-order valence-corrected chi connectivity index (χ2v) is 6.20. The highest BCUT2D eigenvalue weighted by Crippen LogP contribution is 2.24. The molecule has 0 N–H and O–H groups in total. The van der Waals surface area contributed by atoms with Gasteiger partial charge >= 0.3 is 0 Å². The first-order valence-corrected chi connectivity index (χ1v) is 6.96. The Balaban J connectivity index is 2.31. The van der Waals surface area contributed by atoms with E-state index in [0.29, 0.717) is 11.4 Å². The molecule has 0 radical (unpaired) electrons. The zero-order valence-electron chi connectivity index (χ0n) is 9.63. The lowest BCUT2D eigenvalue weighted by Crippen LogP contribution is -2.41. The Hall–Kier alpha value is -0.880. The van der Waals surface area contributed by atoms with E-state index in [1.807, 2.05) is 6.92 Å². The Morgan fingerprint density at radius 2 is 2.19 bits per heavy atom. The molecule has 2 heterocycles. The topological polar surface area (TPSA) is 55.2 Å². The van der Waals surface area contributed by atoms with Crippen LogP contribution in [0.4, 0.5) is 0 Å².